The van der Waals surface area contributed by atoms with Crippen molar-refractivity contribution in [1.82, 2.24) is 5.32 Å². The van der Waals surface area contributed by atoms with E-state index in [4.69, 9.17) is 9.47 Å². The van der Waals surface area contributed by atoms with Crippen LogP contribution in [0.5, 0.6) is 5.75 Å². The lowest BCUT2D eigenvalue weighted by atomic mass is 10.1. The lowest BCUT2D eigenvalue weighted by molar-refractivity contribution is -0.152. The number of carbonyl (C=O) groups excluding carboxylic acids is 4. The smallest absolute Gasteiger partial charge is 0.326 e. The number of anilines is 1. The quantitative estimate of drug-likeness (QED) is 0.484. The highest BCUT2D eigenvalue weighted by atomic mass is 16.5. The molecule has 0 bridgehead atoms. The maximum Gasteiger partial charge on any atom is 0.326 e. The normalized spacial score (nSPS) is 11.2. The molecule has 0 heterocycles. The molecule has 0 aromatic heterocycles. The van der Waals surface area contributed by atoms with Crippen molar-refractivity contribution < 1.29 is 28.7 Å². The second-order valence-corrected chi connectivity index (χ2v) is 6.40. The molecular formula is C22H24N2O6. The number of esters is 1. The van der Waals surface area contributed by atoms with Crippen LogP contribution in [0.4, 0.5) is 5.69 Å². The molecule has 0 aliphatic heterocycles. The van der Waals surface area contributed by atoms with E-state index in [9.17, 15) is 19.2 Å². The molecule has 0 aliphatic rings. The van der Waals surface area contributed by atoms with Gasteiger partial charge in [0.25, 0.3) is 11.8 Å². The summed E-state index contributed by atoms with van der Waals surface area (Å²) in [6.45, 7) is 4.83. The molecule has 8 nitrogen and oxygen atoms in total. The summed E-state index contributed by atoms with van der Waals surface area (Å²) in [5.41, 5.74) is 1.23. The lowest BCUT2D eigenvalue weighted by Gasteiger charge is -2.14. The molecule has 2 aromatic rings. The SMILES string of the molecule is CCOc1ccc(C(=O)NCC(=O)O[C@H](C)C(=O)Nc2cccc(C(C)=O)c2)cc1. The van der Waals surface area contributed by atoms with Gasteiger partial charge in [0.15, 0.2) is 11.9 Å². The highest BCUT2D eigenvalue weighted by Gasteiger charge is 2.19. The summed E-state index contributed by atoms with van der Waals surface area (Å²) in [6, 6.07) is 12.9. The lowest BCUT2D eigenvalue weighted by Crippen LogP contribution is -2.35. The van der Waals surface area contributed by atoms with E-state index in [-0.39, 0.29) is 12.3 Å². The Morgan fingerprint density at radius 1 is 1.00 bits per heavy atom. The number of carbonyl (C=O) groups is 4. The van der Waals surface area contributed by atoms with E-state index in [1.807, 2.05) is 6.92 Å². The average molecular weight is 412 g/mol. The summed E-state index contributed by atoms with van der Waals surface area (Å²) >= 11 is 0. The van der Waals surface area contributed by atoms with Gasteiger partial charge in [0.1, 0.15) is 12.3 Å². The van der Waals surface area contributed by atoms with Crippen LogP contribution in [0.3, 0.4) is 0 Å². The first-order valence-corrected chi connectivity index (χ1v) is 9.42. The first kappa shape index (κ1) is 22.6. The van der Waals surface area contributed by atoms with Crippen LogP contribution >= 0.6 is 0 Å². The fourth-order valence-electron chi connectivity index (χ4n) is 2.48. The number of amides is 2. The monoisotopic (exact) mass is 412 g/mol. The number of Topliss-reactive ketones (excluding diaryl/α,β-unsaturated/α-hetero) is 1. The number of nitrogens with one attached hydrogen (secondary N) is 2. The second-order valence-electron chi connectivity index (χ2n) is 6.40. The largest absolute Gasteiger partial charge is 0.494 e. The van der Waals surface area contributed by atoms with E-state index in [1.165, 1.54) is 19.9 Å². The standard InChI is InChI=1S/C22H24N2O6/c1-4-29-19-10-8-16(9-11-19)22(28)23-13-20(26)30-15(3)21(27)24-18-7-5-6-17(12-18)14(2)25/h5-12,15H,4,13H2,1-3H3,(H,23,28)(H,24,27)/t15-/m1/s1. The summed E-state index contributed by atoms with van der Waals surface area (Å²) in [4.78, 5) is 47.7. The molecule has 2 rings (SSSR count). The Morgan fingerprint density at radius 2 is 1.70 bits per heavy atom. The van der Waals surface area contributed by atoms with Crippen LogP contribution in [0.25, 0.3) is 0 Å². The Balaban J connectivity index is 1.82. The number of ether oxygens (including phenoxy) is 2. The van der Waals surface area contributed by atoms with Crippen LogP contribution in [0.1, 0.15) is 41.5 Å². The predicted molar refractivity (Wildman–Crippen MR) is 111 cm³/mol. The number of ketones is 1. The minimum atomic E-state index is -1.08. The minimum Gasteiger partial charge on any atom is -0.494 e. The fourth-order valence-corrected chi connectivity index (χ4v) is 2.48. The molecule has 2 amide bonds. The molecule has 8 heteroatoms. The maximum atomic E-state index is 12.2. The van der Waals surface area contributed by atoms with Crippen molar-refractivity contribution in [3.8, 4) is 5.75 Å². The van der Waals surface area contributed by atoms with Gasteiger partial charge in [0.2, 0.25) is 0 Å². The Hall–Kier alpha value is -3.68. The van der Waals surface area contributed by atoms with Crippen molar-refractivity contribution in [2.75, 3.05) is 18.5 Å². The zero-order valence-electron chi connectivity index (χ0n) is 17.1. The maximum absolute atomic E-state index is 12.2. The van der Waals surface area contributed by atoms with Crippen LogP contribution in [-0.4, -0.2) is 42.8 Å². The topological polar surface area (TPSA) is 111 Å². The van der Waals surface area contributed by atoms with Crippen molar-refractivity contribution in [3.63, 3.8) is 0 Å². The van der Waals surface area contributed by atoms with Crippen LogP contribution in [0, 0.1) is 0 Å². The molecule has 0 fully saturated rings. The van der Waals surface area contributed by atoms with E-state index >= 15 is 0 Å². The number of rotatable bonds is 9. The minimum absolute atomic E-state index is 0.131. The van der Waals surface area contributed by atoms with Crippen molar-refractivity contribution in [2.45, 2.75) is 26.9 Å². The molecule has 0 spiro atoms. The molecule has 0 saturated carbocycles. The van der Waals surface area contributed by atoms with Crippen molar-refractivity contribution in [2.24, 2.45) is 0 Å². The summed E-state index contributed by atoms with van der Waals surface area (Å²) in [6.07, 6.45) is -1.08. The number of benzene rings is 2. The van der Waals surface area contributed by atoms with Crippen LogP contribution in [0.15, 0.2) is 48.5 Å². The molecule has 0 unspecified atom stereocenters. The van der Waals surface area contributed by atoms with E-state index in [2.05, 4.69) is 10.6 Å². The van der Waals surface area contributed by atoms with E-state index in [1.54, 1.807) is 42.5 Å². The summed E-state index contributed by atoms with van der Waals surface area (Å²) < 4.78 is 10.4. The van der Waals surface area contributed by atoms with Gasteiger partial charge in [0, 0.05) is 16.8 Å². The van der Waals surface area contributed by atoms with Gasteiger partial charge in [-0.25, -0.2) is 0 Å². The third-order valence-electron chi connectivity index (χ3n) is 4.03. The van der Waals surface area contributed by atoms with Gasteiger partial charge in [-0.2, -0.15) is 0 Å². The first-order valence-electron chi connectivity index (χ1n) is 9.42. The molecule has 30 heavy (non-hydrogen) atoms. The van der Waals surface area contributed by atoms with Gasteiger partial charge in [0.05, 0.1) is 6.61 Å². The molecule has 158 valence electrons. The van der Waals surface area contributed by atoms with Gasteiger partial charge in [-0.3, -0.25) is 19.2 Å². The van der Waals surface area contributed by atoms with E-state index < -0.39 is 23.9 Å². The number of hydrogen-bond acceptors (Lipinski definition) is 6. The van der Waals surface area contributed by atoms with Crippen LogP contribution < -0.4 is 15.4 Å². The molecular weight excluding hydrogens is 388 g/mol. The van der Waals surface area contributed by atoms with Crippen LogP contribution in [0.2, 0.25) is 0 Å². The highest BCUT2D eigenvalue weighted by Crippen LogP contribution is 2.13. The molecule has 2 aromatic carbocycles. The summed E-state index contributed by atoms with van der Waals surface area (Å²) in [5.74, 6) is -1.25. The molecule has 0 saturated heterocycles. The van der Waals surface area contributed by atoms with Gasteiger partial charge >= 0.3 is 5.97 Å². The van der Waals surface area contributed by atoms with Crippen molar-refractivity contribution >= 4 is 29.3 Å². The average Bonchev–Trinajstić information content (AvgIpc) is 2.73. The van der Waals surface area contributed by atoms with Gasteiger partial charge in [-0.05, 0) is 57.2 Å². The summed E-state index contributed by atoms with van der Waals surface area (Å²) in [7, 11) is 0. The van der Waals surface area contributed by atoms with E-state index in [0.29, 0.717) is 29.2 Å². The highest BCUT2D eigenvalue weighted by molar-refractivity contribution is 5.99. The molecule has 1 atom stereocenters. The Morgan fingerprint density at radius 3 is 2.33 bits per heavy atom. The third-order valence-corrected chi connectivity index (χ3v) is 4.03. The zero-order chi connectivity index (χ0) is 22.1. The van der Waals surface area contributed by atoms with Gasteiger partial charge < -0.3 is 20.1 Å². The van der Waals surface area contributed by atoms with E-state index in [0.717, 1.165) is 0 Å². The van der Waals surface area contributed by atoms with Gasteiger partial charge in [-0.1, -0.05) is 12.1 Å². The molecule has 0 radical (unpaired) electrons. The second kappa shape index (κ2) is 10.8. The first-order chi connectivity index (χ1) is 14.3. The Kier molecular flexibility index (Phi) is 8.10. The van der Waals surface area contributed by atoms with Crippen molar-refractivity contribution in [3.05, 3.63) is 59.7 Å². The number of hydrogen-bond donors (Lipinski definition) is 2. The fraction of sp³-hybridized carbons (Fsp3) is 0.273. The molecule has 2 N–H and O–H groups in total. The third kappa shape index (κ3) is 6.73. The predicted octanol–water partition coefficient (Wildman–Crippen LogP) is 2.59. The summed E-state index contributed by atoms with van der Waals surface area (Å²) in [5, 5.41) is 5.02. The molecule has 0 aliphatic carbocycles. The van der Waals surface area contributed by atoms with Gasteiger partial charge in [-0.15, -0.1) is 0 Å². The Labute approximate surface area is 174 Å². The zero-order valence-corrected chi connectivity index (χ0v) is 17.1. The van der Waals surface area contributed by atoms with Crippen LogP contribution in [-0.2, 0) is 14.3 Å². The van der Waals surface area contributed by atoms with Crippen molar-refractivity contribution in [1.29, 1.82) is 0 Å². The Bertz CT molecular complexity index is 923.